The van der Waals surface area contributed by atoms with Crippen molar-refractivity contribution in [1.82, 2.24) is 16.0 Å². The monoisotopic (exact) mass is 1460 g/mol. The van der Waals surface area contributed by atoms with Crippen LogP contribution in [0.4, 0.5) is 0 Å². The van der Waals surface area contributed by atoms with Crippen molar-refractivity contribution in [1.29, 1.82) is 0 Å². The Balaban J connectivity index is 7.19. The number of carboxylic acid groups (broad SMARTS) is 2. The topological polar surface area (TPSA) is 145 Å². The maximum Gasteiger partial charge on any atom is 0.309 e. The van der Waals surface area contributed by atoms with Crippen LogP contribution in [0.25, 0.3) is 0 Å². The fourth-order valence-corrected chi connectivity index (χ4v) is 16.1. The highest BCUT2D eigenvalue weighted by Gasteiger charge is 2.34. The molecule has 0 radical (unpaired) electrons. The molecule has 0 aliphatic rings. The summed E-state index contributed by atoms with van der Waals surface area (Å²) >= 11 is 0. The van der Waals surface area contributed by atoms with Crippen molar-refractivity contribution in [3.8, 4) is 0 Å². The highest BCUT2D eigenvalue weighted by molar-refractivity contribution is 5.79. The van der Waals surface area contributed by atoms with E-state index in [0.29, 0.717) is 41.1 Å². The van der Waals surface area contributed by atoms with Crippen molar-refractivity contribution >= 4 is 23.8 Å². The van der Waals surface area contributed by atoms with Gasteiger partial charge in [0.25, 0.3) is 0 Å². The normalized spacial score (nSPS) is 13.9. The number of unbranched alkanes of at least 4 members (excludes halogenated alkanes) is 40. The number of carbonyl (C=O) groups excluding carboxylic acids is 2. The fraction of sp³-hybridized carbons (Fsp3) is 0.934. The summed E-state index contributed by atoms with van der Waals surface area (Å²) in [7, 11) is 13.1. The summed E-state index contributed by atoms with van der Waals surface area (Å²) in [4.78, 5) is 53.8. The summed E-state index contributed by atoms with van der Waals surface area (Å²) in [5.74, 6) is -0.198. The molecule has 12 nitrogen and oxygen atoms in total. The number of carboxylic acids is 2. The standard InChI is InChI=1S/C91H180N6O6/c1-14-18-22-25-28-31-34-37-40-43-46-49-52-55-61-81(5)64-68-86(90(102)93-73-59-76-95(8,9)75-21-17-4)85(63-57-54-51-48-45-42-39-36-33-30-27-24-20-16-3)67-69-87(91(103)94-74-60-78-97(12,13)80-71-89(100)101)84(62-56-53-50-47-44-41-38-35-32-29-26-23-19-15-2)66-65-82(6)83(7)92-72-58-77-96(10,11)79-70-88(98)99/h81-82,84-87,92H,7,14-80H2,1-6,8-13H3,(H-3,93,94,98,99,100,101,102,103)/p+3. The van der Waals surface area contributed by atoms with Crippen LogP contribution in [0, 0.1) is 35.5 Å². The molecule has 0 saturated heterocycles. The molecule has 0 rings (SSSR count). The number of hydrogen-bond acceptors (Lipinski definition) is 5. The number of hydrogen-bond donors (Lipinski definition) is 5. The molecule has 103 heavy (non-hydrogen) atoms. The summed E-state index contributed by atoms with van der Waals surface area (Å²) < 4.78 is 2.25. The largest absolute Gasteiger partial charge is 0.481 e. The summed E-state index contributed by atoms with van der Waals surface area (Å²) in [6, 6.07) is 0. The van der Waals surface area contributed by atoms with E-state index in [1.54, 1.807) is 0 Å². The van der Waals surface area contributed by atoms with Gasteiger partial charge in [-0.25, -0.2) is 0 Å². The molecule has 0 saturated carbocycles. The Morgan fingerprint density at radius 1 is 0.291 bits per heavy atom. The minimum atomic E-state index is -0.771. The van der Waals surface area contributed by atoms with Gasteiger partial charge in [0.15, 0.2) is 0 Å². The van der Waals surface area contributed by atoms with E-state index in [1.807, 2.05) is 0 Å². The third kappa shape index (κ3) is 63.9. The van der Waals surface area contributed by atoms with Gasteiger partial charge in [-0.3, -0.25) is 19.2 Å². The third-order valence-electron chi connectivity index (χ3n) is 23.9. The minimum absolute atomic E-state index is 0.0851. The molecule has 0 fully saturated rings. The zero-order valence-corrected chi connectivity index (χ0v) is 71.4. The molecule has 12 heteroatoms. The predicted octanol–water partition coefficient (Wildman–Crippen LogP) is 24.2. The number of amides is 2. The number of quaternary nitrogens is 3. The second-order valence-electron chi connectivity index (χ2n) is 35.5. The summed E-state index contributed by atoms with van der Waals surface area (Å²) in [5.41, 5.74) is 1.04. The van der Waals surface area contributed by atoms with E-state index in [2.05, 4.69) is 106 Å². The molecule has 0 aromatic carbocycles. The molecular weight excluding hydrogens is 1270 g/mol. The van der Waals surface area contributed by atoms with Gasteiger partial charge >= 0.3 is 11.9 Å². The quantitative estimate of drug-likeness (QED) is 0.0301. The smallest absolute Gasteiger partial charge is 0.309 e. The number of allylic oxidation sites excluding steroid dienone is 1. The lowest BCUT2D eigenvalue weighted by Gasteiger charge is -2.33. The van der Waals surface area contributed by atoms with Crippen molar-refractivity contribution in [2.24, 2.45) is 35.5 Å². The first-order valence-corrected chi connectivity index (χ1v) is 45.4. The van der Waals surface area contributed by atoms with E-state index in [1.165, 1.54) is 276 Å². The second-order valence-corrected chi connectivity index (χ2v) is 35.5. The van der Waals surface area contributed by atoms with Gasteiger partial charge in [0, 0.05) is 56.4 Å². The molecule has 0 bridgehead atoms. The minimum Gasteiger partial charge on any atom is -0.481 e. The number of aliphatic carboxylic acids is 2. The molecule has 5 N–H and O–H groups in total. The van der Waals surface area contributed by atoms with Gasteiger partial charge in [0.05, 0.1) is 94.4 Å². The van der Waals surface area contributed by atoms with Crippen molar-refractivity contribution in [3.05, 3.63) is 12.3 Å². The molecule has 0 aliphatic heterocycles. The molecule has 0 aliphatic carbocycles. The van der Waals surface area contributed by atoms with Crippen LogP contribution in [-0.4, -0.2) is 149 Å². The van der Waals surface area contributed by atoms with E-state index in [9.17, 15) is 19.8 Å². The van der Waals surface area contributed by atoms with Crippen molar-refractivity contribution in [2.45, 2.75) is 414 Å². The SMILES string of the molecule is C=C(NCCC[N+](C)(C)CCC(=O)O)C(C)CCC(CCCCCCCCCCCCCCCC)C(CCC(CCCCCCCCCCCCCCCC)C(CCC(C)CCCCCCCCCCCCCCCC)C(=O)NCCC[N+](C)(C)CCCC)C(=O)NCCC[N+](C)(C)CCC(=O)O. The van der Waals surface area contributed by atoms with Crippen LogP contribution in [0.1, 0.15) is 414 Å². The summed E-state index contributed by atoms with van der Waals surface area (Å²) in [6.07, 6.45) is 70.3. The van der Waals surface area contributed by atoms with E-state index in [-0.39, 0.29) is 54.2 Å². The van der Waals surface area contributed by atoms with Gasteiger partial charge in [-0.05, 0) is 81.5 Å². The number of rotatable bonds is 81. The first kappa shape index (κ1) is 100. The Labute approximate surface area is 642 Å². The first-order chi connectivity index (χ1) is 49.5. The Morgan fingerprint density at radius 2 is 0.544 bits per heavy atom. The maximum atomic E-state index is 15.5. The number of nitrogens with zero attached hydrogens (tertiary/aromatic N) is 3. The van der Waals surface area contributed by atoms with Crippen LogP contribution >= 0.6 is 0 Å². The molecule has 0 spiro atoms. The van der Waals surface area contributed by atoms with Crippen LogP contribution in [0.2, 0.25) is 0 Å². The fourth-order valence-electron chi connectivity index (χ4n) is 16.1. The predicted molar refractivity (Wildman–Crippen MR) is 447 cm³/mol. The zero-order chi connectivity index (χ0) is 76.3. The molecule has 6 atom stereocenters. The number of carbonyl (C=O) groups is 4. The zero-order valence-electron chi connectivity index (χ0n) is 71.4. The number of nitrogens with one attached hydrogen (secondary N) is 3. The van der Waals surface area contributed by atoms with Crippen molar-refractivity contribution < 1.29 is 42.8 Å². The van der Waals surface area contributed by atoms with Crippen LogP contribution in [0.3, 0.4) is 0 Å². The van der Waals surface area contributed by atoms with E-state index in [0.717, 1.165) is 126 Å². The van der Waals surface area contributed by atoms with Gasteiger partial charge in [-0.15, -0.1) is 0 Å². The van der Waals surface area contributed by atoms with Crippen LogP contribution < -0.4 is 16.0 Å². The highest BCUT2D eigenvalue weighted by atomic mass is 16.4. The molecule has 2 amide bonds. The van der Waals surface area contributed by atoms with E-state index in [4.69, 9.17) is 0 Å². The molecular formula is C91H183N6O6+3. The Kier molecular flexibility index (Phi) is 66.8. The van der Waals surface area contributed by atoms with E-state index < -0.39 is 11.9 Å². The Bertz CT molecular complexity index is 1960. The third-order valence-corrected chi connectivity index (χ3v) is 23.9. The molecule has 0 aromatic heterocycles. The lowest BCUT2D eigenvalue weighted by molar-refractivity contribution is -0.890. The maximum absolute atomic E-state index is 15.5. The van der Waals surface area contributed by atoms with Crippen LogP contribution in [0.5, 0.6) is 0 Å². The van der Waals surface area contributed by atoms with Crippen molar-refractivity contribution in [2.75, 3.05) is 101 Å². The van der Waals surface area contributed by atoms with Gasteiger partial charge in [0.2, 0.25) is 11.8 Å². The lowest BCUT2D eigenvalue weighted by atomic mass is 9.74. The van der Waals surface area contributed by atoms with Crippen LogP contribution in [0.15, 0.2) is 12.3 Å². The van der Waals surface area contributed by atoms with Crippen LogP contribution in [-0.2, 0) is 19.2 Å². The molecule has 0 heterocycles. The molecule has 0 aromatic rings. The van der Waals surface area contributed by atoms with Gasteiger partial charge < -0.3 is 39.6 Å². The Hall–Kier alpha value is -2.70. The summed E-state index contributed by atoms with van der Waals surface area (Å²) in [5, 5.41) is 29.8. The van der Waals surface area contributed by atoms with Crippen molar-refractivity contribution in [3.63, 3.8) is 0 Å². The van der Waals surface area contributed by atoms with Gasteiger partial charge in [0.1, 0.15) is 0 Å². The average Bonchev–Trinajstić information content (AvgIpc) is 0.858. The first-order valence-electron chi connectivity index (χ1n) is 45.4. The lowest BCUT2D eigenvalue weighted by Crippen LogP contribution is -2.44. The highest BCUT2D eigenvalue weighted by Crippen LogP contribution is 2.37. The van der Waals surface area contributed by atoms with Gasteiger partial charge in [-0.2, -0.15) is 0 Å². The summed E-state index contributed by atoms with van der Waals surface area (Å²) in [6.45, 7) is 25.7. The Morgan fingerprint density at radius 3 is 0.854 bits per heavy atom. The van der Waals surface area contributed by atoms with E-state index >= 15 is 9.59 Å². The molecule has 6 unspecified atom stereocenters. The van der Waals surface area contributed by atoms with Gasteiger partial charge in [-0.1, -0.05) is 331 Å². The molecule has 610 valence electrons. The average molecular weight is 1460 g/mol. The second kappa shape index (κ2) is 68.6.